The van der Waals surface area contributed by atoms with Gasteiger partial charge in [-0.3, -0.25) is 0 Å². The third-order valence-corrected chi connectivity index (χ3v) is 3.33. The molecule has 0 aliphatic heterocycles. The zero-order valence-electron chi connectivity index (χ0n) is 10.1. The third kappa shape index (κ3) is 3.33. The average molecular weight is 237 g/mol. The lowest BCUT2D eigenvalue weighted by atomic mass is 10.1. The van der Waals surface area contributed by atoms with Gasteiger partial charge in [0.2, 0.25) is 5.76 Å². The molecule has 2 rings (SSSR count). The van der Waals surface area contributed by atoms with Crippen molar-refractivity contribution in [1.82, 2.24) is 5.32 Å². The molecule has 1 aromatic heterocycles. The first-order valence-corrected chi connectivity index (χ1v) is 6.23. The molecule has 1 unspecified atom stereocenters. The number of carbonyl (C=O) groups is 1. The second kappa shape index (κ2) is 5.36. The Morgan fingerprint density at radius 3 is 3.00 bits per heavy atom. The maximum absolute atomic E-state index is 10.9. The van der Waals surface area contributed by atoms with E-state index >= 15 is 0 Å². The average Bonchev–Trinajstić information content (AvgIpc) is 2.99. The fourth-order valence-corrected chi connectivity index (χ4v) is 2.07. The van der Waals surface area contributed by atoms with E-state index in [0.29, 0.717) is 12.6 Å². The van der Waals surface area contributed by atoms with Crippen LogP contribution < -0.4 is 5.32 Å². The van der Waals surface area contributed by atoms with Crippen LogP contribution in [0.1, 0.15) is 48.7 Å². The lowest BCUT2D eigenvalue weighted by Crippen LogP contribution is -2.28. The number of hydrogen-bond acceptors (Lipinski definition) is 3. The summed E-state index contributed by atoms with van der Waals surface area (Å²) in [5.74, 6) is -0.0587. The van der Waals surface area contributed by atoms with Gasteiger partial charge in [0.1, 0.15) is 0 Å². The molecule has 4 nitrogen and oxygen atoms in total. The second-order valence-corrected chi connectivity index (χ2v) is 4.75. The van der Waals surface area contributed by atoms with E-state index in [1.54, 1.807) is 6.07 Å². The SMILES string of the molecule is CCC(CC1CC1)NCc1ccoc1C(=O)O. The zero-order valence-corrected chi connectivity index (χ0v) is 10.1. The van der Waals surface area contributed by atoms with Crippen molar-refractivity contribution in [3.05, 3.63) is 23.7 Å². The molecule has 0 amide bonds. The van der Waals surface area contributed by atoms with Crippen molar-refractivity contribution in [2.75, 3.05) is 0 Å². The maximum atomic E-state index is 10.9. The minimum atomic E-state index is -0.998. The molecule has 1 saturated carbocycles. The highest BCUT2D eigenvalue weighted by atomic mass is 16.4. The Labute approximate surface area is 101 Å². The van der Waals surface area contributed by atoms with Gasteiger partial charge in [0.15, 0.2) is 0 Å². The predicted molar refractivity (Wildman–Crippen MR) is 63.9 cm³/mol. The van der Waals surface area contributed by atoms with Gasteiger partial charge in [-0.1, -0.05) is 19.8 Å². The first kappa shape index (κ1) is 12.2. The van der Waals surface area contributed by atoms with Crippen molar-refractivity contribution in [2.45, 2.75) is 45.2 Å². The van der Waals surface area contributed by atoms with Gasteiger partial charge in [-0.2, -0.15) is 0 Å². The largest absolute Gasteiger partial charge is 0.475 e. The second-order valence-electron chi connectivity index (χ2n) is 4.75. The van der Waals surface area contributed by atoms with Crippen molar-refractivity contribution in [3.63, 3.8) is 0 Å². The third-order valence-electron chi connectivity index (χ3n) is 3.33. The van der Waals surface area contributed by atoms with Crippen LogP contribution in [0, 0.1) is 5.92 Å². The Balaban J connectivity index is 1.86. The highest BCUT2D eigenvalue weighted by Gasteiger charge is 2.24. The zero-order chi connectivity index (χ0) is 12.3. The standard InChI is InChI=1S/C13H19NO3/c1-2-11(7-9-3-4-9)14-8-10-5-6-17-12(10)13(15)16/h5-6,9,11,14H,2-4,7-8H2,1H3,(H,15,16). The molecule has 0 saturated heterocycles. The number of carboxylic acids is 1. The summed E-state index contributed by atoms with van der Waals surface area (Å²) in [6.07, 6.45) is 6.42. The van der Waals surface area contributed by atoms with E-state index in [9.17, 15) is 4.79 Å². The molecule has 1 heterocycles. The fourth-order valence-electron chi connectivity index (χ4n) is 2.07. The van der Waals surface area contributed by atoms with Crippen molar-refractivity contribution in [3.8, 4) is 0 Å². The molecule has 0 bridgehead atoms. The van der Waals surface area contributed by atoms with E-state index in [2.05, 4.69) is 12.2 Å². The van der Waals surface area contributed by atoms with Crippen LogP contribution in [0.15, 0.2) is 16.7 Å². The topological polar surface area (TPSA) is 62.5 Å². The van der Waals surface area contributed by atoms with Crippen LogP contribution in [-0.2, 0) is 6.54 Å². The Hall–Kier alpha value is -1.29. The summed E-state index contributed by atoms with van der Waals surface area (Å²) in [4.78, 5) is 10.9. The monoisotopic (exact) mass is 237 g/mol. The summed E-state index contributed by atoms with van der Waals surface area (Å²) in [5, 5.41) is 12.3. The number of furan rings is 1. The smallest absolute Gasteiger partial charge is 0.372 e. The highest BCUT2D eigenvalue weighted by Crippen LogP contribution is 2.34. The van der Waals surface area contributed by atoms with Crippen molar-refractivity contribution < 1.29 is 14.3 Å². The van der Waals surface area contributed by atoms with Crippen LogP contribution in [0.25, 0.3) is 0 Å². The minimum Gasteiger partial charge on any atom is -0.475 e. The summed E-state index contributed by atoms with van der Waals surface area (Å²) < 4.78 is 4.95. The summed E-state index contributed by atoms with van der Waals surface area (Å²) in [7, 11) is 0. The summed E-state index contributed by atoms with van der Waals surface area (Å²) in [6, 6.07) is 2.21. The Morgan fingerprint density at radius 1 is 1.65 bits per heavy atom. The Morgan fingerprint density at radius 2 is 2.41 bits per heavy atom. The van der Waals surface area contributed by atoms with E-state index in [0.717, 1.165) is 17.9 Å². The van der Waals surface area contributed by atoms with Crippen molar-refractivity contribution in [2.24, 2.45) is 5.92 Å². The molecule has 2 N–H and O–H groups in total. The quantitative estimate of drug-likeness (QED) is 0.765. The van der Waals surface area contributed by atoms with E-state index in [4.69, 9.17) is 9.52 Å². The Bertz CT molecular complexity index is 382. The molecule has 1 atom stereocenters. The summed E-state index contributed by atoms with van der Waals surface area (Å²) >= 11 is 0. The van der Waals surface area contributed by atoms with Crippen LogP contribution in [0.5, 0.6) is 0 Å². The van der Waals surface area contributed by atoms with Crippen LogP contribution in [0.4, 0.5) is 0 Å². The number of nitrogens with one attached hydrogen (secondary N) is 1. The maximum Gasteiger partial charge on any atom is 0.372 e. The van der Waals surface area contributed by atoms with E-state index in [1.165, 1.54) is 25.5 Å². The first-order chi connectivity index (χ1) is 8.20. The summed E-state index contributed by atoms with van der Waals surface area (Å²) in [5.41, 5.74) is 0.728. The van der Waals surface area contributed by atoms with Gasteiger partial charge in [0.25, 0.3) is 0 Å². The molecule has 0 spiro atoms. The number of rotatable bonds is 7. The van der Waals surface area contributed by atoms with Gasteiger partial charge in [-0.15, -0.1) is 0 Å². The highest BCUT2D eigenvalue weighted by molar-refractivity contribution is 5.86. The molecule has 17 heavy (non-hydrogen) atoms. The van der Waals surface area contributed by atoms with Gasteiger partial charge >= 0.3 is 5.97 Å². The van der Waals surface area contributed by atoms with Gasteiger partial charge in [0.05, 0.1) is 6.26 Å². The number of aromatic carboxylic acids is 1. The molecule has 1 aromatic rings. The van der Waals surface area contributed by atoms with Gasteiger partial charge in [-0.25, -0.2) is 4.79 Å². The minimum absolute atomic E-state index is 0.0544. The van der Waals surface area contributed by atoms with Crippen molar-refractivity contribution in [1.29, 1.82) is 0 Å². The van der Waals surface area contributed by atoms with Crippen LogP contribution in [0.3, 0.4) is 0 Å². The molecule has 0 radical (unpaired) electrons. The van der Waals surface area contributed by atoms with Gasteiger partial charge < -0.3 is 14.8 Å². The number of hydrogen-bond donors (Lipinski definition) is 2. The van der Waals surface area contributed by atoms with Crippen LogP contribution in [-0.4, -0.2) is 17.1 Å². The molecule has 94 valence electrons. The summed E-state index contributed by atoms with van der Waals surface area (Å²) in [6.45, 7) is 2.73. The van der Waals surface area contributed by atoms with E-state index in [1.807, 2.05) is 0 Å². The van der Waals surface area contributed by atoms with E-state index in [-0.39, 0.29) is 5.76 Å². The number of carboxylic acid groups (broad SMARTS) is 1. The molecule has 1 fully saturated rings. The molecule has 1 aliphatic rings. The molecular formula is C13H19NO3. The van der Waals surface area contributed by atoms with Crippen LogP contribution >= 0.6 is 0 Å². The fraction of sp³-hybridized carbons (Fsp3) is 0.615. The first-order valence-electron chi connectivity index (χ1n) is 6.23. The lowest BCUT2D eigenvalue weighted by molar-refractivity contribution is 0.0660. The van der Waals surface area contributed by atoms with Crippen molar-refractivity contribution >= 4 is 5.97 Å². The normalized spacial score (nSPS) is 17.0. The van der Waals surface area contributed by atoms with E-state index < -0.39 is 5.97 Å². The molecular weight excluding hydrogens is 218 g/mol. The molecule has 4 heteroatoms. The lowest BCUT2D eigenvalue weighted by Gasteiger charge is -2.16. The predicted octanol–water partition coefficient (Wildman–Crippen LogP) is 2.65. The van der Waals surface area contributed by atoms with Gasteiger partial charge in [-0.05, 0) is 24.8 Å². The molecule has 1 aliphatic carbocycles. The Kier molecular flexibility index (Phi) is 3.84. The van der Waals surface area contributed by atoms with Gasteiger partial charge in [0, 0.05) is 18.2 Å². The van der Waals surface area contributed by atoms with Crippen LogP contribution in [0.2, 0.25) is 0 Å². The molecule has 0 aromatic carbocycles.